The Labute approximate surface area is 127 Å². The lowest BCUT2D eigenvalue weighted by molar-refractivity contribution is 0.0640. The van der Waals surface area contributed by atoms with Crippen LogP contribution in [0.15, 0.2) is 35.3 Å². The average molecular weight is 287 g/mol. The molecule has 0 spiro atoms. The van der Waals surface area contributed by atoms with Gasteiger partial charge in [0, 0.05) is 13.2 Å². The molecule has 1 aromatic carbocycles. The second kappa shape index (κ2) is 6.06. The topological polar surface area (TPSA) is 50.8 Å². The molecular weight excluding hydrogens is 262 g/mol. The minimum absolute atomic E-state index is 0.0113. The summed E-state index contributed by atoms with van der Waals surface area (Å²) in [6, 6.07) is 10.6. The largest absolute Gasteiger partial charge is 0.376 e. The van der Waals surface area contributed by atoms with Crippen LogP contribution in [0.1, 0.15) is 31.7 Å². The maximum Gasteiger partial charge on any atom is 0.191 e. The lowest BCUT2D eigenvalue weighted by Crippen LogP contribution is -2.55. The maximum absolute atomic E-state index is 6.18. The van der Waals surface area contributed by atoms with E-state index in [0.717, 1.165) is 45.4 Å². The van der Waals surface area contributed by atoms with Gasteiger partial charge in [-0.3, -0.25) is 4.99 Å². The van der Waals surface area contributed by atoms with E-state index in [0.29, 0.717) is 12.1 Å². The van der Waals surface area contributed by atoms with Gasteiger partial charge in [-0.15, -0.1) is 0 Å². The van der Waals surface area contributed by atoms with Gasteiger partial charge in [0.2, 0.25) is 0 Å². The molecule has 2 heterocycles. The van der Waals surface area contributed by atoms with Gasteiger partial charge < -0.3 is 15.4 Å². The van der Waals surface area contributed by atoms with Crippen LogP contribution >= 0.6 is 0 Å². The van der Waals surface area contributed by atoms with E-state index < -0.39 is 0 Å². The zero-order valence-corrected chi connectivity index (χ0v) is 12.8. The van der Waals surface area contributed by atoms with Crippen LogP contribution in [-0.4, -0.2) is 42.2 Å². The second-order valence-electron chi connectivity index (χ2n) is 6.16. The predicted octanol–water partition coefficient (Wildman–Crippen LogP) is 2.19. The zero-order valence-electron chi connectivity index (χ0n) is 12.8. The van der Waals surface area contributed by atoms with Gasteiger partial charge >= 0.3 is 0 Å². The Morgan fingerprint density at radius 1 is 1.38 bits per heavy atom. The van der Waals surface area contributed by atoms with Crippen molar-refractivity contribution in [3.05, 3.63) is 35.9 Å². The first-order chi connectivity index (χ1) is 10.2. The Morgan fingerprint density at radius 2 is 2.19 bits per heavy atom. The summed E-state index contributed by atoms with van der Waals surface area (Å²) in [6.45, 7) is 4.78. The molecule has 1 fully saturated rings. The maximum atomic E-state index is 6.18. The number of benzene rings is 1. The van der Waals surface area contributed by atoms with Gasteiger partial charge in [-0.05, 0) is 31.2 Å². The van der Waals surface area contributed by atoms with Crippen LogP contribution in [0.2, 0.25) is 0 Å². The summed E-state index contributed by atoms with van der Waals surface area (Å²) in [4.78, 5) is 6.85. The standard InChI is InChI=1S/C17H25N3O/c1-2-17(11-14-7-4-3-5-8-14)13-19-16(18)20(17)12-15-9-6-10-21-15/h3-5,7-8,15H,2,6,9-13H2,1H3,(H2,18,19). The number of hydrogen-bond acceptors (Lipinski definition) is 4. The van der Waals surface area contributed by atoms with E-state index >= 15 is 0 Å². The van der Waals surface area contributed by atoms with E-state index in [4.69, 9.17) is 10.5 Å². The van der Waals surface area contributed by atoms with Crippen LogP contribution in [0, 0.1) is 0 Å². The Morgan fingerprint density at radius 3 is 2.86 bits per heavy atom. The fourth-order valence-electron chi connectivity index (χ4n) is 3.48. The Hall–Kier alpha value is -1.55. The summed E-state index contributed by atoms with van der Waals surface area (Å²) < 4.78 is 5.80. The molecule has 1 saturated heterocycles. The van der Waals surface area contributed by atoms with Crippen molar-refractivity contribution in [3.8, 4) is 0 Å². The van der Waals surface area contributed by atoms with Crippen LogP contribution in [0.3, 0.4) is 0 Å². The lowest BCUT2D eigenvalue weighted by Gasteiger charge is -2.40. The Kier molecular flexibility index (Phi) is 4.15. The number of guanidine groups is 1. The summed E-state index contributed by atoms with van der Waals surface area (Å²) in [5.74, 6) is 0.684. The van der Waals surface area contributed by atoms with Crippen molar-refractivity contribution in [1.29, 1.82) is 0 Å². The third-order valence-electron chi connectivity index (χ3n) is 4.83. The number of aliphatic imine (C=N–C) groups is 1. The predicted molar refractivity (Wildman–Crippen MR) is 85.3 cm³/mol. The number of ether oxygens (including phenoxy) is 1. The van der Waals surface area contributed by atoms with Crippen LogP contribution in [0.25, 0.3) is 0 Å². The number of hydrogen-bond donors (Lipinski definition) is 1. The van der Waals surface area contributed by atoms with E-state index in [9.17, 15) is 0 Å². The molecule has 1 aromatic rings. The summed E-state index contributed by atoms with van der Waals surface area (Å²) >= 11 is 0. The van der Waals surface area contributed by atoms with Gasteiger partial charge in [0.05, 0.1) is 18.2 Å². The molecule has 2 unspecified atom stereocenters. The monoisotopic (exact) mass is 287 g/mol. The molecule has 114 valence electrons. The van der Waals surface area contributed by atoms with Crippen molar-refractivity contribution < 1.29 is 4.74 Å². The SMILES string of the molecule is CCC1(Cc2ccccc2)CN=C(N)N1CC1CCCO1. The zero-order chi connectivity index (χ0) is 14.7. The first kappa shape index (κ1) is 14.4. The van der Waals surface area contributed by atoms with E-state index in [1.54, 1.807) is 0 Å². The molecule has 4 nitrogen and oxygen atoms in total. The molecule has 2 aliphatic rings. The van der Waals surface area contributed by atoms with E-state index in [-0.39, 0.29) is 5.54 Å². The molecule has 2 N–H and O–H groups in total. The molecule has 2 aliphatic heterocycles. The number of nitrogens with two attached hydrogens (primary N) is 1. The van der Waals surface area contributed by atoms with Crippen molar-refractivity contribution in [2.75, 3.05) is 19.7 Å². The molecule has 21 heavy (non-hydrogen) atoms. The van der Waals surface area contributed by atoms with Crippen molar-refractivity contribution in [3.63, 3.8) is 0 Å². The smallest absolute Gasteiger partial charge is 0.191 e. The second-order valence-corrected chi connectivity index (χ2v) is 6.16. The van der Waals surface area contributed by atoms with Gasteiger partial charge in [0.15, 0.2) is 5.96 Å². The normalized spacial score (nSPS) is 28.9. The first-order valence-corrected chi connectivity index (χ1v) is 7.96. The summed E-state index contributed by atoms with van der Waals surface area (Å²) in [5, 5.41) is 0. The lowest BCUT2D eigenvalue weighted by atomic mass is 9.87. The number of nitrogens with zero attached hydrogens (tertiary/aromatic N) is 2. The Bertz CT molecular complexity index is 496. The van der Waals surface area contributed by atoms with Crippen LogP contribution in [-0.2, 0) is 11.2 Å². The van der Waals surface area contributed by atoms with Gasteiger partial charge in [-0.1, -0.05) is 37.3 Å². The van der Waals surface area contributed by atoms with Crippen molar-refractivity contribution in [2.24, 2.45) is 10.7 Å². The molecule has 0 radical (unpaired) electrons. The molecule has 3 rings (SSSR count). The molecule has 0 bridgehead atoms. The van der Waals surface area contributed by atoms with Crippen LogP contribution in [0.4, 0.5) is 0 Å². The van der Waals surface area contributed by atoms with E-state index in [2.05, 4.69) is 47.1 Å². The molecular formula is C17H25N3O. The van der Waals surface area contributed by atoms with Crippen molar-refractivity contribution in [1.82, 2.24) is 4.90 Å². The highest BCUT2D eigenvalue weighted by Crippen LogP contribution is 2.31. The molecule has 0 saturated carbocycles. The highest BCUT2D eigenvalue weighted by Gasteiger charge is 2.42. The molecule has 4 heteroatoms. The molecule has 0 amide bonds. The quantitative estimate of drug-likeness (QED) is 0.903. The molecule has 0 aliphatic carbocycles. The highest BCUT2D eigenvalue weighted by atomic mass is 16.5. The van der Waals surface area contributed by atoms with Gasteiger partial charge in [0.25, 0.3) is 0 Å². The molecule has 2 atom stereocenters. The average Bonchev–Trinajstić information content (AvgIpc) is 3.12. The van der Waals surface area contributed by atoms with Crippen LogP contribution in [0.5, 0.6) is 0 Å². The van der Waals surface area contributed by atoms with Crippen molar-refractivity contribution in [2.45, 2.75) is 44.2 Å². The van der Waals surface area contributed by atoms with Crippen molar-refractivity contribution >= 4 is 5.96 Å². The fourth-order valence-corrected chi connectivity index (χ4v) is 3.48. The number of rotatable bonds is 5. The van der Waals surface area contributed by atoms with Crippen LogP contribution < -0.4 is 5.73 Å². The van der Waals surface area contributed by atoms with Gasteiger partial charge in [0.1, 0.15) is 0 Å². The van der Waals surface area contributed by atoms with E-state index in [1.807, 2.05) is 0 Å². The third kappa shape index (κ3) is 2.91. The van der Waals surface area contributed by atoms with Gasteiger partial charge in [-0.2, -0.15) is 0 Å². The summed E-state index contributed by atoms with van der Waals surface area (Å²) in [7, 11) is 0. The minimum Gasteiger partial charge on any atom is -0.376 e. The fraction of sp³-hybridized carbons (Fsp3) is 0.588. The summed E-state index contributed by atoms with van der Waals surface area (Å²) in [5.41, 5.74) is 7.54. The van der Waals surface area contributed by atoms with E-state index in [1.165, 1.54) is 5.56 Å². The third-order valence-corrected chi connectivity index (χ3v) is 4.83. The molecule has 0 aromatic heterocycles. The van der Waals surface area contributed by atoms with Gasteiger partial charge in [-0.25, -0.2) is 0 Å². The minimum atomic E-state index is 0.0113. The Balaban J connectivity index is 1.78. The highest BCUT2D eigenvalue weighted by molar-refractivity contribution is 5.81. The summed E-state index contributed by atoms with van der Waals surface area (Å²) in [6.07, 6.45) is 4.63. The first-order valence-electron chi connectivity index (χ1n) is 7.96.